The van der Waals surface area contributed by atoms with Gasteiger partial charge in [-0.1, -0.05) is 13.3 Å². The van der Waals surface area contributed by atoms with Crippen LogP contribution in [-0.4, -0.2) is 23.0 Å². The van der Waals surface area contributed by atoms with Crippen LogP contribution in [0.3, 0.4) is 0 Å². The number of thiophene rings is 1. The molecule has 1 aromatic heterocycles. The summed E-state index contributed by atoms with van der Waals surface area (Å²) in [4.78, 5) is 23.3. The SMILES string of the molecule is CCCC(NC(=O)c1scc(C)c1Br)C(=O)O. The number of hydrogen-bond acceptors (Lipinski definition) is 3. The Morgan fingerprint density at radius 2 is 2.24 bits per heavy atom. The Labute approximate surface area is 112 Å². The molecule has 1 atom stereocenters. The third-order valence-electron chi connectivity index (χ3n) is 2.29. The van der Waals surface area contributed by atoms with Crippen LogP contribution < -0.4 is 5.32 Å². The van der Waals surface area contributed by atoms with Gasteiger partial charge in [-0.05, 0) is 40.2 Å². The Bertz CT molecular complexity index is 430. The first-order valence-electron chi connectivity index (χ1n) is 5.24. The van der Waals surface area contributed by atoms with Gasteiger partial charge in [0.1, 0.15) is 10.9 Å². The molecule has 17 heavy (non-hydrogen) atoms. The number of aliphatic carboxylic acids is 1. The number of amides is 1. The van der Waals surface area contributed by atoms with Crippen LogP contribution in [0, 0.1) is 6.92 Å². The minimum Gasteiger partial charge on any atom is -0.480 e. The van der Waals surface area contributed by atoms with E-state index in [-0.39, 0.29) is 5.91 Å². The maximum atomic E-state index is 11.9. The second-order valence-corrected chi connectivity index (χ2v) is 5.39. The summed E-state index contributed by atoms with van der Waals surface area (Å²) in [5.74, 6) is -1.33. The summed E-state index contributed by atoms with van der Waals surface area (Å²) in [5, 5.41) is 13.3. The smallest absolute Gasteiger partial charge is 0.326 e. The van der Waals surface area contributed by atoms with Crippen molar-refractivity contribution in [3.63, 3.8) is 0 Å². The Morgan fingerprint density at radius 3 is 2.65 bits per heavy atom. The molecule has 0 bridgehead atoms. The predicted molar refractivity (Wildman–Crippen MR) is 70.6 cm³/mol. The summed E-state index contributed by atoms with van der Waals surface area (Å²) in [6.45, 7) is 3.77. The molecular weight excluding hydrogens is 306 g/mol. The van der Waals surface area contributed by atoms with Crippen LogP contribution in [0.5, 0.6) is 0 Å². The fourth-order valence-corrected chi connectivity index (χ4v) is 2.92. The summed E-state index contributed by atoms with van der Waals surface area (Å²) in [6.07, 6.45) is 1.14. The summed E-state index contributed by atoms with van der Waals surface area (Å²) in [6, 6.07) is -0.818. The number of carbonyl (C=O) groups is 2. The zero-order valence-corrected chi connectivity index (χ0v) is 12.0. The molecule has 0 aliphatic rings. The third kappa shape index (κ3) is 3.54. The van der Waals surface area contributed by atoms with E-state index in [1.807, 2.05) is 19.2 Å². The van der Waals surface area contributed by atoms with Crippen molar-refractivity contribution in [2.75, 3.05) is 0 Å². The molecule has 2 N–H and O–H groups in total. The van der Waals surface area contributed by atoms with Crippen LogP contribution in [0.2, 0.25) is 0 Å². The molecular formula is C11H14BrNO3S. The van der Waals surface area contributed by atoms with E-state index in [1.165, 1.54) is 11.3 Å². The van der Waals surface area contributed by atoms with Gasteiger partial charge in [0.25, 0.3) is 5.91 Å². The number of rotatable bonds is 5. The number of carboxylic acids is 1. The van der Waals surface area contributed by atoms with Gasteiger partial charge in [-0.2, -0.15) is 0 Å². The lowest BCUT2D eigenvalue weighted by Gasteiger charge is -2.12. The van der Waals surface area contributed by atoms with Crippen molar-refractivity contribution >= 4 is 39.1 Å². The average Bonchev–Trinajstić information content (AvgIpc) is 2.59. The summed E-state index contributed by atoms with van der Waals surface area (Å²) in [5.41, 5.74) is 0.975. The quantitative estimate of drug-likeness (QED) is 0.877. The normalized spacial score (nSPS) is 12.2. The number of carbonyl (C=O) groups excluding carboxylic acids is 1. The highest BCUT2D eigenvalue weighted by Crippen LogP contribution is 2.27. The van der Waals surface area contributed by atoms with Crippen molar-refractivity contribution in [1.82, 2.24) is 5.32 Å². The van der Waals surface area contributed by atoms with Gasteiger partial charge in [-0.3, -0.25) is 4.79 Å². The Balaban J connectivity index is 2.77. The molecule has 0 radical (unpaired) electrons. The van der Waals surface area contributed by atoms with Gasteiger partial charge in [-0.25, -0.2) is 4.79 Å². The highest BCUT2D eigenvalue weighted by molar-refractivity contribution is 9.10. The largest absolute Gasteiger partial charge is 0.480 e. The third-order valence-corrected chi connectivity index (χ3v) is 4.67. The Morgan fingerprint density at radius 1 is 1.59 bits per heavy atom. The van der Waals surface area contributed by atoms with E-state index in [1.54, 1.807) is 0 Å². The molecule has 0 aromatic carbocycles. The van der Waals surface area contributed by atoms with Crippen molar-refractivity contribution in [1.29, 1.82) is 0 Å². The van der Waals surface area contributed by atoms with E-state index in [0.29, 0.717) is 17.7 Å². The molecule has 1 rings (SSSR count). The zero-order chi connectivity index (χ0) is 13.0. The van der Waals surface area contributed by atoms with Crippen LogP contribution in [0.4, 0.5) is 0 Å². The molecule has 94 valence electrons. The number of halogens is 1. The lowest BCUT2D eigenvalue weighted by atomic mass is 10.1. The van der Waals surface area contributed by atoms with Gasteiger partial charge in [-0.15, -0.1) is 11.3 Å². The average molecular weight is 320 g/mol. The molecule has 1 amide bonds. The molecule has 1 aromatic rings. The second-order valence-electron chi connectivity index (χ2n) is 3.71. The first kappa shape index (κ1) is 14.2. The van der Waals surface area contributed by atoms with Crippen LogP contribution in [0.1, 0.15) is 35.0 Å². The predicted octanol–water partition coefficient (Wildman–Crippen LogP) is 2.80. The highest BCUT2D eigenvalue weighted by Gasteiger charge is 2.22. The molecule has 0 fully saturated rings. The van der Waals surface area contributed by atoms with Gasteiger partial charge >= 0.3 is 5.97 Å². The first-order valence-corrected chi connectivity index (χ1v) is 6.91. The minimum absolute atomic E-state index is 0.337. The topological polar surface area (TPSA) is 66.4 Å². The molecule has 0 aliphatic heterocycles. The molecule has 1 heterocycles. The minimum atomic E-state index is -0.996. The molecule has 0 aliphatic carbocycles. The molecule has 6 heteroatoms. The van der Waals surface area contributed by atoms with E-state index in [9.17, 15) is 9.59 Å². The van der Waals surface area contributed by atoms with Crippen molar-refractivity contribution in [3.05, 3.63) is 20.3 Å². The number of nitrogens with one attached hydrogen (secondary N) is 1. The van der Waals surface area contributed by atoms with Gasteiger partial charge in [0, 0.05) is 4.47 Å². The maximum absolute atomic E-state index is 11.9. The van der Waals surface area contributed by atoms with Crippen molar-refractivity contribution < 1.29 is 14.7 Å². The van der Waals surface area contributed by atoms with Crippen LogP contribution in [-0.2, 0) is 4.79 Å². The Kier molecular flexibility index (Phi) is 5.14. The number of carboxylic acid groups (broad SMARTS) is 1. The summed E-state index contributed by atoms with van der Waals surface area (Å²) >= 11 is 4.62. The van der Waals surface area contributed by atoms with Gasteiger partial charge in [0.05, 0.1) is 0 Å². The van der Waals surface area contributed by atoms with Crippen LogP contribution in [0.25, 0.3) is 0 Å². The highest BCUT2D eigenvalue weighted by atomic mass is 79.9. The lowest BCUT2D eigenvalue weighted by Crippen LogP contribution is -2.40. The lowest BCUT2D eigenvalue weighted by molar-refractivity contribution is -0.139. The van der Waals surface area contributed by atoms with E-state index < -0.39 is 12.0 Å². The maximum Gasteiger partial charge on any atom is 0.326 e. The fourth-order valence-electron chi connectivity index (χ4n) is 1.35. The van der Waals surface area contributed by atoms with E-state index >= 15 is 0 Å². The Hall–Kier alpha value is -0.880. The standard InChI is InChI=1S/C11H14BrNO3S/c1-3-4-7(11(15)16)13-10(14)9-8(12)6(2)5-17-9/h5,7H,3-4H2,1-2H3,(H,13,14)(H,15,16). The van der Waals surface area contributed by atoms with Crippen LogP contribution in [0.15, 0.2) is 9.85 Å². The number of hydrogen-bond donors (Lipinski definition) is 2. The molecule has 1 unspecified atom stereocenters. The van der Waals surface area contributed by atoms with Crippen molar-refractivity contribution in [3.8, 4) is 0 Å². The van der Waals surface area contributed by atoms with E-state index in [4.69, 9.17) is 5.11 Å². The summed E-state index contributed by atoms with van der Waals surface area (Å²) < 4.78 is 0.737. The second kappa shape index (κ2) is 6.16. The number of aryl methyl sites for hydroxylation is 1. The first-order chi connectivity index (χ1) is 7.97. The zero-order valence-electron chi connectivity index (χ0n) is 9.62. The van der Waals surface area contributed by atoms with Gasteiger partial charge in [0.2, 0.25) is 0 Å². The molecule has 0 saturated carbocycles. The van der Waals surface area contributed by atoms with Crippen LogP contribution >= 0.6 is 27.3 Å². The monoisotopic (exact) mass is 319 g/mol. The van der Waals surface area contributed by atoms with Gasteiger partial charge in [0.15, 0.2) is 0 Å². The van der Waals surface area contributed by atoms with Gasteiger partial charge < -0.3 is 10.4 Å². The van der Waals surface area contributed by atoms with E-state index in [2.05, 4.69) is 21.2 Å². The van der Waals surface area contributed by atoms with Crippen molar-refractivity contribution in [2.24, 2.45) is 0 Å². The summed E-state index contributed by atoms with van der Waals surface area (Å²) in [7, 11) is 0. The fraction of sp³-hybridized carbons (Fsp3) is 0.455. The molecule has 0 saturated heterocycles. The molecule has 4 nitrogen and oxygen atoms in total. The molecule has 0 spiro atoms. The van der Waals surface area contributed by atoms with Crippen molar-refractivity contribution in [2.45, 2.75) is 32.7 Å². The van der Waals surface area contributed by atoms with E-state index in [0.717, 1.165) is 10.0 Å².